The number of anilines is 1. The molecule has 1 heterocycles. The van der Waals surface area contributed by atoms with E-state index in [0.717, 1.165) is 29.4 Å². The van der Waals surface area contributed by atoms with Crippen LogP contribution in [0.5, 0.6) is 0 Å². The number of hydrogen-bond acceptors (Lipinski definition) is 2. The van der Waals surface area contributed by atoms with Crippen molar-refractivity contribution in [2.75, 3.05) is 18.0 Å². The van der Waals surface area contributed by atoms with Crippen LogP contribution in [-0.4, -0.2) is 19.1 Å². The van der Waals surface area contributed by atoms with Gasteiger partial charge in [-0.3, -0.25) is 0 Å². The van der Waals surface area contributed by atoms with Crippen LogP contribution >= 0.6 is 11.6 Å². The van der Waals surface area contributed by atoms with E-state index in [1.807, 2.05) is 6.07 Å². The van der Waals surface area contributed by atoms with Crippen LogP contribution in [0.4, 0.5) is 5.69 Å². The molecule has 1 saturated heterocycles. The van der Waals surface area contributed by atoms with Crippen LogP contribution in [0.15, 0.2) is 18.2 Å². The molecule has 110 valence electrons. The normalized spacial score (nSPS) is 22.8. The molecule has 0 amide bonds. The molecule has 1 N–H and O–H groups in total. The molecule has 1 aliphatic heterocycles. The highest BCUT2D eigenvalue weighted by molar-refractivity contribution is 6.31. The maximum Gasteiger partial charge on any atom is 0.0471 e. The van der Waals surface area contributed by atoms with Gasteiger partial charge in [0, 0.05) is 41.9 Å². The van der Waals surface area contributed by atoms with Gasteiger partial charge in [0.15, 0.2) is 0 Å². The van der Waals surface area contributed by atoms with Crippen LogP contribution in [0.1, 0.15) is 38.7 Å². The van der Waals surface area contributed by atoms with Crippen LogP contribution < -0.4 is 10.2 Å². The first kappa shape index (κ1) is 14.2. The maximum absolute atomic E-state index is 6.44. The molecule has 0 aromatic heterocycles. The summed E-state index contributed by atoms with van der Waals surface area (Å²) in [6.07, 6.45) is 3.94. The van der Waals surface area contributed by atoms with E-state index in [9.17, 15) is 0 Å². The van der Waals surface area contributed by atoms with Crippen LogP contribution in [-0.2, 0) is 6.54 Å². The lowest BCUT2D eigenvalue weighted by molar-refractivity contribution is 0.422. The Balaban J connectivity index is 1.76. The second kappa shape index (κ2) is 5.95. The molecule has 1 aromatic carbocycles. The molecule has 1 aliphatic carbocycles. The molecule has 2 fully saturated rings. The summed E-state index contributed by atoms with van der Waals surface area (Å²) in [5.74, 6) is 1.59. The molecule has 0 spiro atoms. The van der Waals surface area contributed by atoms with Crippen molar-refractivity contribution in [3.63, 3.8) is 0 Å². The SMILES string of the molecule is CC(C)C1CCN(c2cccc(Cl)c2CNC2CC2)C1. The summed E-state index contributed by atoms with van der Waals surface area (Å²) in [4.78, 5) is 2.53. The number of rotatable bonds is 5. The standard InChI is InChI=1S/C17H25ClN2/c1-12(2)13-8-9-20(11-13)17-5-3-4-16(18)15(17)10-19-14-6-7-14/h3-5,12-14,19H,6-11H2,1-2H3. The van der Waals surface area contributed by atoms with Crippen molar-refractivity contribution < 1.29 is 0 Å². The minimum Gasteiger partial charge on any atom is -0.371 e. The van der Waals surface area contributed by atoms with Gasteiger partial charge < -0.3 is 10.2 Å². The zero-order chi connectivity index (χ0) is 14.1. The lowest BCUT2D eigenvalue weighted by Gasteiger charge is -2.24. The highest BCUT2D eigenvalue weighted by Gasteiger charge is 2.27. The third-order valence-corrected chi connectivity index (χ3v) is 5.10. The van der Waals surface area contributed by atoms with E-state index in [-0.39, 0.29) is 0 Å². The first-order valence-electron chi connectivity index (χ1n) is 7.91. The molecular weight excluding hydrogens is 268 g/mol. The van der Waals surface area contributed by atoms with E-state index in [1.54, 1.807) is 0 Å². The topological polar surface area (TPSA) is 15.3 Å². The quantitative estimate of drug-likeness (QED) is 0.880. The number of halogens is 1. The van der Waals surface area contributed by atoms with E-state index >= 15 is 0 Å². The third-order valence-electron chi connectivity index (χ3n) is 4.75. The molecule has 1 unspecified atom stereocenters. The van der Waals surface area contributed by atoms with Gasteiger partial charge in [0.05, 0.1) is 0 Å². The molecule has 20 heavy (non-hydrogen) atoms. The summed E-state index contributed by atoms with van der Waals surface area (Å²) in [6, 6.07) is 7.06. The van der Waals surface area contributed by atoms with Crippen molar-refractivity contribution in [2.45, 2.75) is 45.7 Å². The Bertz CT molecular complexity index is 468. The third kappa shape index (κ3) is 3.12. The Kier molecular flexibility index (Phi) is 4.23. The molecule has 1 atom stereocenters. The van der Waals surface area contributed by atoms with Gasteiger partial charge in [0.25, 0.3) is 0 Å². The Morgan fingerprint density at radius 2 is 2.10 bits per heavy atom. The monoisotopic (exact) mass is 292 g/mol. The van der Waals surface area contributed by atoms with Gasteiger partial charge in [-0.25, -0.2) is 0 Å². The van der Waals surface area contributed by atoms with Crippen LogP contribution in [0, 0.1) is 11.8 Å². The highest BCUT2D eigenvalue weighted by Crippen LogP contribution is 2.34. The van der Waals surface area contributed by atoms with E-state index in [1.165, 1.54) is 43.6 Å². The zero-order valence-electron chi connectivity index (χ0n) is 12.5. The summed E-state index contributed by atoms with van der Waals surface area (Å²) in [5.41, 5.74) is 2.62. The van der Waals surface area contributed by atoms with Gasteiger partial charge in [-0.05, 0) is 43.2 Å². The second-order valence-electron chi connectivity index (χ2n) is 6.63. The molecule has 1 aromatic rings. The Morgan fingerprint density at radius 3 is 2.75 bits per heavy atom. The predicted octanol–water partition coefficient (Wildman–Crippen LogP) is 4.07. The van der Waals surface area contributed by atoms with E-state index in [2.05, 4.69) is 36.2 Å². The number of nitrogens with zero attached hydrogens (tertiary/aromatic N) is 1. The van der Waals surface area contributed by atoms with Gasteiger partial charge >= 0.3 is 0 Å². The zero-order valence-corrected chi connectivity index (χ0v) is 13.3. The molecular formula is C17H25ClN2. The van der Waals surface area contributed by atoms with Gasteiger partial charge in [-0.1, -0.05) is 31.5 Å². The molecule has 3 heteroatoms. The fourth-order valence-electron chi connectivity index (χ4n) is 3.10. The molecule has 0 radical (unpaired) electrons. The lowest BCUT2D eigenvalue weighted by Crippen LogP contribution is -2.24. The van der Waals surface area contributed by atoms with E-state index < -0.39 is 0 Å². The molecule has 2 aliphatic rings. The van der Waals surface area contributed by atoms with Crippen molar-refractivity contribution in [3.05, 3.63) is 28.8 Å². The van der Waals surface area contributed by atoms with E-state index in [4.69, 9.17) is 11.6 Å². The van der Waals surface area contributed by atoms with Crippen molar-refractivity contribution in [1.29, 1.82) is 0 Å². The van der Waals surface area contributed by atoms with Gasteiger partial charge in [-0.2, -0.15) is 0 Å². The van der Waals surface area contributed by atoms with E-state index in [0.29, 0.717) is 0 Å². The molecule has 1 saturated carbocycles. The van der Waals surface area contributed by atoms with Gasteiger partial charge in [-0.15, -0.1) is 0 Å². The fraction of sp³-hybridized carbons (Fsp3) is 0.647. The largest absolute Gasteiger partial charge is 0.371 e. The second-order valence-corrected chi connectivity index (χ2v) is 7.04. The van der Waals surface area contributed by atoms with Crippen LogP contribution in [0.3, 0.4) is 0 Å². The molecule has 3 rings (SSSR count). The Labute approximate surface area is 127 Å². The van der Waals surface area contributed by atoms with Gasteiger partial charge in [0.2, 0.25) is 0 Å². The molecule has 0 bridgehead atoms. The summed E-state index contributed by atoms with van der Waals surface area (Å²) in [5, 5.41) is 4.51. The summed E-state index contributed by atoms with van der Waals surface area (Å²) >= 11 is 6.44. The lowest BCUT2D eigenvalue weighted by atomic mass is 9.95. The van der Waals surface area contributed by atoms with Crippen LogP contribution in [0.2, 0.25) is 5.02 Å². The smallest absolute Gasteiger partial charge is 0.0471 e. The minimum absolute atomic E-state index is 0.723. The molecule has 2 nitrogen and oxygen atoms in total. The summed E-state index contributed by atoms with van der Waals surface area (Å²) in [6.45, 7) is 7.92. The number of nitrogens with one attached hydrogen (secondary N) is 1. The fourth-order valence-corrected chi connectivity index (χ4v) is 3.34. The Morgan fingerprint density at radius 1 is 1.30 bits per heavy atom. The minimum atomic E-state index is 0.723. The van der Waals surface area contributed by atoms with Gasteiger partial charge in [0.1, 0.15) is 0 Å². The average Bonchev–Trinajstić information content (AvgIpc) is 3.11. The number of hydrogen-bond donors (Lipinski definition) is 1. The summed E-state index contributed by atoms with van der Waals surface area (Å²) < 4.78 is 0. The van der Waals surface area contributed by atoms with Crippen molar-refractivity contribution in [3.8, 4) is 0 Å². The maximum atomic E-state index is 6.44. The van der Waals surface area contributed by atoms with Crippen molar-refractivity contribution in [1.82, 2.24) is 5.32 Å². The number of benzene rings is 1. The predicted molar refractivity (Wildman–Crippen MR) is 86.5 cm³/mol. The first-order chi connectivity index (χ1) is 9.65. The summed E-state index contributed by atoms with van der Waals surface area (Å²) in [7, 11) is 0. The highest BCUT2D eigenvalue weighted by atomic mass is 35.5. The van der Waals surface area contributed by atoms with Crippen LogP contribution in [0.25, 0.3) is 0 Å². The Hall–Kier alpha value is -0.730. The average molecular weight is 293 g/mol. The van der Waals surface area contributed by atoms with Crippen molar-refractivity contribution in [2.24, 2.45) is 11.8 Å². The first-order valence-corrected chi connectivity index (χ1v) is 8.28. The van der Waals surface area contributed by atoms with Crippen molar-refractivity contribution >= 4 is 17.3 Å².